The lowest BCUT2D eigenvalue weighted by atomic mass is 10.0. The second-order valence-corrected chi connectivity index (χ2v) is 7.79. The maximum absolute atomic E-state index is 13.3. The molecule has 1 aromatic heterocycles. The van der Waals surface area contributed by atoms with Gasteiger partial charge in [0, 0.05) is 5.56 Å². The minimum absolute atomic E-state index is 0.182. The maximum atomic E-state index is 13.3. The number of carbonyl (C=O) groups is 3. The minimum Gasteiger partial charge on any atom is -0.490 e. The van der Waals surface area contributed by atoms with Crippen LogP contribution >= 0.6 is 0 Å². The molecule has 0 saturated heterocycles. The average Bonchev–Trinajstić information content (AvgIpc) is 3.39. The highest BCUT2D eigenvalue weighted by atomic mass is 16.5. The topological polar surface area (TPSA) is 89.3 Å². The zero-order valence-corrected chi connectivity index (χ0v) is 18.0. The molecule has 0 N–H and O–H groups in total. The van der Waals surface area contributed by atoms with Crippen LogP contribution in [0.3, 0.4) is 0 Å². The fourth-order valence-corrected chi connectivity index (χ4v) is 4.09. The summed E-state index contributed by atoms with van der Waals surface area (Å²) >= 11 is 0. The summed E-state index contributed by atoms with van der Waals surface area (Å²) in [5.74, 6) is 0.390. The van der Waals surface area contributed by atoms with Gasteiger partial charge in [-0.15, -0.1) is 0 Å². The van der Waals surface area contributed by atoms with E-state index in [0.29, 0.717) is 48.0 Å². The van der Waals surface area contributed by atoms with E-state index in [1.165, 1.54) is 11.2 Å². The number of ether oxygens (including phenoxy) is 2. The highest BCUT2D eigenvalue weighted by molar-refractivity contribution is 6.11. The van der Waals surface area contributed by atoms with Crippen molar-refractivity contribution in [3.05, 3.63) is 72.2 Å². The molecular formula is C25H22N2O6. The van der Waals surface area contributed by atoms with Gasteiger partial charge in [-0.2, -0.15) is 0 Å². The molecule has 2 amide bonds. The van der Waals surface area contributed by atoms with Crippen molar-refractivity contribution in [1.82, 2.24) is 0 Å². The lowest BCUT2D eigenvalue weighted by Gasteiger charge is -2.36. The Labute approximate surface area is 190 Å². The number of fused-ring (bicyclic) bond motifs is 2. The van der Waals surface area contributed by atoms with Gasteiger partial charge < -0.3 is 18.8 Å². The molecule has 0 radical (unpaired) electrons. The number of para-hydroxylation sites is 2. The van der Waals surface area contributed by atoms with Crippen LogP contribution in [-0.2, 0) is 9.59 Å². The Hall–Kier alpha value is -4.07. The highest BCUT2D eigenvalue weighted by Gasteiger charge is 2.36. The third-order valence-corrected chi connectivity index (χ3v) is 5.76. The molecule has 168 valence electrons. The molecule has 1 unspecified atom stereocenters. The van der Waals surface area contributed by atoms with Crippen molar-refractivity contribution in [1.29, 1.82) is 0 Å². The Balaban J connectivity index is 1.48. The number of benzene rings is 2. The number of ketones is 1. The van der Waals surface area contributed by atoms with Gasteiger partial charge in [0.2, 0.25) is 11.7 Å². The smallest absolute Gasteiger partial charge is 0.268 e. The van der Waals surface area contributed by atoms with E-state index in [1.807, 2.05) is 31.2 Å². The summed E-state index contributed by atoms with van der Waals surface area (Å²) in [4.78, 5) is 42.3. The number of hydrogen-bond donors (Lipinski definition) is 0. The zero-order valence-electron chi connectivity index (χ0n) is 18.0. The first-order valence-electron chi connectivity index (χ1n) is 10.8. The van der Waals surface area contributed by atoms with Gasteiger partial charge in [0.25, 0.3) is 5.91 Å². The summed E-state index contributed by atoms with van der Waals surface area (Å²) < 4.78 is 16.7. The molecule has 2 aliphatic heterocycles. The van der Waals surface area contributed by atoms with Gasteiger partial charge >= 0.3 is 0 Å². The number of nitrogens with zero attached hydrogens (tertiary/aromatic N) is 2. The van der Waals surface area contributed by atoms with Crippen LogP contribution in [0.15, 0.2) is 65.3 Å². The first kappa shape index (κ1) is 20.8. The van der Waals surface area contributed by atoms with Crippen molar-refractivity contribution in [2.75, 3.05) is 29.5 Å². The molecule has 2 aromatic carbocycles. The first-order chi connectivity index (χ1) is 16.1. The van der Waals surface area contributed by atoms with Crippen LogP contribution < -0.4 is 19.3 Å². The summed E-state index contributed by atoms with van der Waals surface area (Å²) in [6.07, 6.45) is 1.18. The monoisotopic (exact) mass is 446 g/mol. The summed E-state index contributed by atoms with van der Waals surface area (Å²) in [5.41, 5.74) is 1.39. The van der Waals surface area contributed by atoms with E-state index >= 15 is 0 Å². The lowest BCUT2D eigenvalue weighted by molar-refractivity contribution is -0.128. The molecule has 0 bridgehead atoms. The molecule has 2 aliphatic rings. The van der Waals surface area contributed by atoms with Gasteiger partial charge in [0.15, 0.2) is 11.9 Å². The third kappa shape index (κ3) is 3.73. The van der Waals surface area contributed by atoms with E-state index in [1.54, 1.807) is 35.2 Å². The first-order valence-corrected chi connectivity index (χ1v) is 10.8. The maximum Gasteiger partial charge on any atom is 0.268 e. The molecular weight excluding hydrogens is 424 g/mol. The third-order valence-electron chi connectivity index (χ3n) is 5.76. The van der Waals surface area contributed by atoms with E-state index in [0.717, 1.165) is 0 Å². The largest absolute Gasteiger partial charge is 0.490 e. The molecule has 0 spiro atoms. The fraction of sp³-hybridized carbons (Fsp3) is 0.240. The van der Waals surface area contributed by atoms with Crippen molar-refractivity contribution >= 4 is 29.0 Å². The SMILES string of the molecule is CCC1Oc2ccc(C(=O)c3ccco3)cc2N(CC(=O)N2CCOc3ccccc32)C1=O. The van der Waals surface area contributed by atoms with Crippen LogP contribution in [0.5, 0.6) is 11.5 Å². The van der Waals surface area contributed by atoms with E-state index < -0.39 is 6.10 Å². The van der Waals surface area contributed by atoms with Crippen LogP contribution in [0, 0.1) is 0 Å². The number of amides is 2. The number of carbonyl (C=O) groups excluding carboxylic acids is 3. The van der Waals surface area contributed by atoms with Crippen LogP contribution in [0.1, 0.15) is 29.5 Å². The molecule has 8 heteroatoms. The predicted molar refractivity (Wildman–Crippen MR) is 120 cm³/mol. The normalized spacial score (nSPS) is 17.0. The summed E-state index contributed by atoms with van der Waals surface area (Å²) in [6.45, 7) is 2.42. The van der Waals surface area contributed by atoms with Crippen LogP contribution in [0.4, 0.5) is 11.4 Å². The van der Waals surface area contributed by atoms with Crippen LogP contribution in [-0.4, -0.2) is 43.4 Å². The molecule has 5 rings (SSSR count). The molecule has 3 heterocycles. The summed E-state index contributed by atoms with van der Waals surface area (Å²) in [6, 6.07) is 15.4. The van der Waals surface area contributed by atoms with Crippen molar-refractivity contribution < 1.29 is 28.3 Å². The highest BCUT2D eigenvalue weighted by Crippen LogP contribution is 2.37. The van der Waals surface area contributed by atoms with E-state index in [2.05, 4.69) is 0 Å². The Kier molecular flexibility index (Phi) is 5.34. The summed E-state index contributed by atoms with van der Waals surface area (Å²) in [7, 11) is 0. The molecule has 0 saturated carbocycles. The lowest BCUT2D eigenvalue weighted by Crippen LogP contribution is -2.51. The Morgan fingerprint density at radius 1 is 1.03 bits per heavy atom. The predicted octanol–water partition coefficient (Wildman–Crippen LogP) is 3.44. The fourth-order valence-electron chi connectivity index (χ4n) is 4.09. The number of furan rings is 1. The Morgan fingerprint density at radius 2 is 1.88 bits per heavy atom. The average molecular weight is 446 g/mol. The van der Waals surface area contributed by atoms with Gasteiger partial charge in [-0.05, 0) is 48.9 Å². The Bertz CT molecular complexity index is 1220. The molecule has 1 atom stereocenters. The van der Waals surface area contributed by atoms with Gasteiger partial charge in [-0.1, -0.05) is 19.1 Å². The van der Waals surface area contributed by atoms with E-state index in [-0.39, 0.29) is 29.9 Å². The zero-order chi connectivity index (χ0) is 22.9. The quantitative estimate of drug-likeness (QED) is 0.558. The summed E-state index contributed by atoms with van der Waals surface area (Å²) in [5, 5.41) is 0. The molecule has 0 fully saturated rings. The van der Waals surface area contributed by atoms with Crippen LogP contribution in [0.2, 0.25) is 0 Å². The molecule has 0 aliphatic carbocycles. The van der Waals surface area contributed by atoms with Crippen molar-refractivity contribution in [2.24, 2.45) is 0 Å². The minimum atomic E-state index is -0.700. The van der Waals surface area contributed by atoms with Gasteiger partial charge in [0.05, 0.1) is 24.2 Å². The van der Waals surface area contributed by atoms with Gasteiger partial charge in [-0.3, -0.25) is 19.3 Å². The van der Waals surface area contributed by atoms with Crippen LogP contribution in [0.25, 0.3) is 0 Å². The standard InChI is InChI=1S/C25H22N2O6/c1-2-19-25(30)27(15-23(28)26-11-13-32-20-7-4-3-6-17(20)26)18-14-16(9-10-21(18)33-19)24(29)22-8-5-12-31-22/h3-10,12,14,19H,2,11,13,15H2,1H3. The van der Waals surface area contributed by atoms with Crippen molar-refractivity contribution in [2.45, 2.75) is 19.4 Å². The molecule has 8 nitrogen and oxygen atoms in total. The van der Waals surface area contributed by atoms with Gasteiger partial charge in [0.1, 0.15) is 24.7 Å². The number of hydrogen-bond acceptors (Lipinski definition) is 6. The molecule has 3 aromatic rings. The van der Waals surface area contributed by atoms with E-state index in [4.69, 9.17) is 13.9 Å². The Morgan fingerprint density at radius 3 is 2.67 bits per heavy atom. The van der Waals surface area contributed by atoms with E-state index in [9.17, 15) is 14.4 Å². The number of anilines is 2. The van der Waals surface area contributed by atoms with Crippen molar-refractivity contribution in [3.8, 4) is 11.5 Å². The number of rotatable bonds is 5. The van der Waals surface area contributed by atoms with Gasteiger partial charge in [-0.25, -0.2) is 0 Å². The second-order valence-electron chi connectivity index (χ2n) is 7.79. The molecule has 33 heavy (non-hydrogen) atoms. The van der Waals surface area contributed by atoms with Crippen molar-refractivity contribution in [3.63, 3.8) is 0 Å². The second kappa shape index (κ2) is 8.46.